The Kier molecular flexibility index (Phi) is 7.52. The van der Waals surface area contributed by atoms with Crippen LogP contribution in [0.5, 0.6) is 5.75 Å². The zero-order valence-corrected chi connectivity index (χ0v) is 19.7. The van der Waals surface area contributed by atoms with Gasteiger partial charge in [-0.05, 0) is 56.1 Å². The number of ether oxygens (including phenoxy) is 1. The Hall–Kier alpha value is -3.03. The number of aliphatic hydroxyl groups excluding tert-OH is 1. The van der Waals surface area contributed by atoms with Gasteiger partial charge in [0.2, 0.25) is 0 Å². The van der Waals surface area contributed by atoms with Gasteiger partial charge in [-0.25, -0.2) is 9.97 Å². The highest BCUT2D eigenvalue weighted by atomic mass is 16.5. The molecular weight excluding hydrogens is 414 g/mol. The van der Waals surface area contributed by atoms with Gasteiger partial charge in [-0.2, -0.15) is 0 Å². The smallest absolute Gasteiger partial charge is 0.163 e. The van der Waals surface area contributed by atoms with Gasteiger partial charge in [0.15, 0.2) is 5.82 Å². The summed E-state index contributed by atoms with van der Waals surface area (Å²) < 4.78 is 5.63. The van der Waals surface area contributed by atoms with Gasteiger partial charge >= 0.3 is 0 Å². The van der Waals surface area contributed by atoms with E-state index in [1.807, 2.05) is 50.3 Å². The normalized spacial score (nSPS) is 16.5. The summed E-state index contributed by atoms with van der Waals surface area (Å²) in [4.78, 5) is 18.5. The maximum atomic E-state index is 9.74. The molecule has 1 aliphatic rings. The Morgan fingerprint density at radius 3 is 2.79 bits per heavy atom. The number of aromatic nitrogens is 3. The van der Waals surface area contributed by atoms with Crippen molar-refractivity contribution in [3.05, 3.63) is 65.6 Å². The van der Waals surface area contributed by atoms with E-state index in [0.29, 0.717) is 12.5 Å². The van der Waals surface area contributed by atoms with E-state index in [-0.39, 0.29) is 6.61 Å². The Bertz CT molecular complexity index is 1060. The van der Waals surface area contributed by atoms with Gasteiger partial charge in [0.25, 0.3) is 0 Å². The van der Waals surface area contributed by atoms with E-state index in [9.17, 15) is 5.11 Å². The van der Waals surface area contributed by atoms with E-state index in [1.54, 1.807) is 6.20 Å². The van der Waals surface area contributed by atoms with Gasteiger partial charge < -0.3 is 14.7 Å². The molecule has 1 aromatic carbocycles. The number of hydrogen-bond donors (Lipinski definition) is 1. The van der Waals surface area contributed by atoms with Gasteiger partial charge in [-0.15, -0.1) is 0 Å². The lowest BCUT2D eigenvalue weighted by Crippen LogP contribution is -2.34. The molecule has 7 heteroatoms. The van der Waals surface area contributed by atoms with Crippen molar-refractivity contribution in [2.45, 2.75) is 38.8 Å². The molecule has 33 heavy (non-hydrogen) atoms. The van der Waals surface area contributed by atoms with Crippen molar-refractivity contribution in [2.24, 2.45) is 0 Å². The van der Waals surface area contributed by atoms with Crippen molar-refractivity contribution in [1.29, 1.82) is 0 Å². The number of aliphatic hydroxyl groups is 1. The molecule has 2 aromatic heterocycles. The molecule has 1 saturated heterocycles. The molecule has 0 aliphatic carbocycles. The van der Waals surface area contributed by atoms with Crippen LogP contribution in [0.4, 0.5) is 5.82 Å². The number of anilines is 1. The number of rotatable bonds is 8. The van der Waals surface area contributed by atoms with E-state index in [4.69, 9.17) is 14.7 Å². The van der Waals surface area contributed by atoms with Crippen molar-refractivity contribution in [3.63, 3.8) is 0 Å². The summed E-state index contributed by atoms with van der Waals surface area (Å²) in [5.74, 6) is 2.74. The lowest BCUT2D eigenvalue weighted by atomic mass is 9.93. The highest BCUT2D eigenvalue weighted by Gasteiger charge is 2.24. The minimum atomic E-state index is -0.0167. The molecule has 3 aromatic rings. The molecule has 4 rings (SSSR count). The third-order valence-electron chi connectivity index (χ3n) is 6.04. The SMILES string of the molecule is CCOc1ccc(CN2CCCC(c3cc(N(C)C)nc(-c4cccnc4)n3)C2)cc1CO. The summed E-state index contributed by atoms with van der Waals surface area (Å²) in [7, 11) is 4.02. The van der Waals surface area contributed by atoms with Gasteiger partial charge in [-0.3, -0.25) is 9.88 Å². The molecule has 1 aliphatic heterocycles. The molecule has 3 heterocycles. The monoisotopic (exact) mass is 447 g/mol. The topological polar surface area (TPSA) is 74.6 Å². The van der Waals surface area contributed by atoms with Crippen LogP contribution in [0, 0.1) is 0 Å². The van der Waals surface area contributed by atoms with Gasteiger partial charge in [0, 0.05) is 62.7 Å². The summed E-state index contributed by atoms with van der Waals surface area (Å²) in [6.45, 7) is 5.37. The lowest BCUT2D eigenvalue weighted by Gasteiger charge is -2.33. The number of piperidine rings is 1. The number of pyridine rings is 1. The zero-order chi connectivity index (χ0) is 23.2. The Morgan fingerprint density at radius 2 is 2.06 bits per heavy atom. The summed E-state index contributed by atoms with van der Waals surface area (Å²) in [5.41, 5.74) is 4.05. The van der Waals surface area contributed by atoms with Crippen LogP contribution in [0.15, 0.2) is 48.8 Å². The molecule has 0 radical (unpaired) electrons. The van der Waals surface area contributed by atoms with Crippen LogP contribution in [-0.2, 0) is 13.2 Å². The molecular formula is C26H33N5O2. The fourth-order valence-electron chi connectivity index (χ4n) is 4.36. The minimum Gasteiger partial charge on any atom is -0.494 e. The van der Waals surface area contributed by atoms with E-state index in [1.165, 1.54) is 5.56 Å². The molecule has 174 valence electrons. The lowest BCUT2D eigenvalue weighted by molar-refractivity contribution is 0.198. The molecule has 1 unspecified atom stereocenters. The molecule has 1 fully saturated rings. The maximum Gasteiger partial charge on any atom is 0.163 e. The first-order chi connectivity index (χ1) is 16.1. The van der Waals surface area contributed by atoms with Crippen LogP contribution in [0.3, 0.4) is 0 Å². The number of hydrogen-bond acceptors (Lipinski definition) is 7. The first kappa shape index (κ1) is 23.1. The van der Waals surface area contributed by atoms with Crippen LogP contribution in [-0.4, -0.2) is 58.8 Å². The summed E-state index contributed by atoms with van der Waals surface area (Å²) in [5, 5.41) is 9.74. The van der Waals surface area contributed by atoms with Crippen LogP contribution < -0.4 is 9.64 Å². The minimum absolute atomic E-state index is 0.0167. The second-order valence-electron chi connectivity index (χ2n) is 8.72. The third kappa shape index (κ3) is 5.67. The molecule has 7 nitrogen and oxygen atoms in total. The molecule has 0 bridgehead atoms. The standard InChI is InChI=1S/C26H33N5O2/c1-4-33-24-10-9-19(13-22(24)18-32)16-31-12-6-8-21(17-31)23-14-25(30(2)3)29-26(28-23)20-7-5-11-27-15-20/h5,7,9-11,13-15,21,32H,4,6,8,12,16-18H2,1-3H3. The summed E-state index contributed by atoms with van der Waals surface area (Å²) in [6.07, 6.45) is 5.81. The summed E-state index contributed by atoms with van der Waals surface area (Å²) >= 11 is 0. The highest BCUT2D eigenvalue weighted by molar-refractivity contribution is 5.56. The molecule has 0 amide bonds. The van der Waals surface area contributed by atoms with E-state index < -0.39 is 0 Å². The van der Waals surface area contributed by atoms with E-state index in [2.05, 4.69) is 28.1 Å². The van der Waals surface area contributed by atoms with Crippen LogP contribution in [0.25, 0.3) is 11.4 Å². The number of benzene rings is 1. The molecule has 0 saturated carbocycles. The van der Waals surface area contributed by atoms with Crippen molar-refractivity contribution >= 4 is 5.82 Å². The van der Waals surface area contributed by atoms with Crippen molar-refractivity contribution in [2.75, 3.05) is 38.7 Å². The number of nitrogens with zero attached hydrogens (tertiary/aromatic N) is 5. The fraction of sp³-hybridized carbons (Fsp3) is 0.423. The molecule has 1 N–H and O–H groups in total. The molecule has 1 atom stereocenters. The highest BCUT2D eigenvalue weighted by Crippen LogP contribution is 2.30. The van der Waals surface area contributed by atoms with Crippen LogP contribution >= 0.6 is 0 Å². The Balaban J connectivity index is 1.54. The predicted octanol–water partition coefficient (Wildman–Crippen LogP) is 3.88. The predicted molar refractivity (Wildman–Crippen MR) is 130 cm³/mol. The third-order valence-corrected chi connectivity index (χ3v) is 6.04. The first-order valence-corrected chi connectivity index (χ1v) is 11.6. The van der Waals surface area contributed by atoms with Crippen LogP contribution in [0.2, 0.25) is 0 Å². The van der Waals surface area contributed by atoms with Crippen molar-refractivity contribution < 1.29 is 9.84 Å². The van der Waals surface area contributed by atoms with Crippen LogP contribution in [0.1, 0.15) is 42.5 Å². The van der Waals surface area contributed by atoms with Crippen molar-refractivity contribution in [1.82, 2.24) is 19.9 Å². The largest absolute Gasteiger partial charge is 0.494 e. The van der Waals surface area contributed by atoms with E-state index in [0.717, 1.165) is 66.7 Å². The zero-order valence-electron chi connectivity index (χ0n) is 19.7. The Labute approximate surface area is 196 Å². The second-order valence-corrected chi connectivity index (χ2v) is 8.72. The first-order valence-electron chi connectivity index (χ1n) is 11.6. The quantitative estimate of drug-likeness (QED) is 0.562. The van der Waals surface area contributed by atoms with Crippen molar-refractivity contribution in [3.8, 4) is 17.1 Å². The fourth-order valence-corrected chi connectivity index (χ4v) is 4.36. The average Bonchev–Trinajstić information content (AvgIpc) is 2.85. The molecule has 0 spiro atoms. The second kappa shape index (κ2) is 10.7. The Morgan fingerprint density at radius 1 is 1.18 bits per heavy atom. The van der Waals surface area contributed by atoms with Gasteiger partial charge in [-0.1, -0.05) is 6.07 Å². The van der Waals surface area contributed by atoms with E-state index >= 15 is 0 Å². The number of likely N-dealkylation sites (tertiary alicyclic amines) is 1. The average molecular weight is 448 g/mol. The maximum absolute atomic E-state index is 9.74. The van der Waals surface area contributed by atoms with Gasteiger partial charge in [0.05, 0.1) is 18.9 Å². The summed E-state index contributed by atoms with van der Waals surface area (Å²) in [6, 6.07) is 12.2. The van der Waals surface area contributed by atoms with Gasteiger partial charge in [0.1, 0.15) is 11.6 Å².